The van der Waals surface area contributed by atoms with Gasteiger partial charge in [-0.3, -0.25) is 4.79 Å². The molecule has 0 aliphatic carbocycles. The first-order chi connectivity index (χ1) is 18.3. The van der Waals surface area contributed by atoms with E-state index in [2.05, 4.69) is 0 Å². The Morgan fingerprint density at radius 3 is 1.41 bits per heavy atom. The Bertz CT molecular complexity index is 1440. The van der Waals surface area contributed by atoms with E-state index in [-0.39, 0.29) is 17.3 Å². The topological polar surface area (TPSA) is 54.4 Å². The molecule has 0 spiro atoms. The average molecular weight is 572 g/mol. The molecule has 3 nitrogen and oxygen atoms in total. The third kappa shape index (κ3) is 6.54. The number of carbonyl (C=O) groups is 1. The molecule has 0 amide bonds. The highest BCUT2D eigenvalue weighted by atomic mass is 32.2. The molecule has 0 aliphatic heterocycles. The fourth-order valence-electron chi connectivity index (χ4n) is 3.41. The van der Waals surface area contributed by atoms with Crippen LogP contribution in [0.3, 0.4) is 0 Å². The largest absolute Gasteiger partial charge is 0.515 e. The van der Waals surface area contributed by atoms with E-state index in [1.54, 1.807) is 36.4 Å². The molecule has 0 saturated carbocycles. The molecule has 0 heterocycles. The molecule has 0 atom stereocenters. The molecule has 39 heavy (non-hydrogen) atoms. The number of Topliss-reactive ketones (excluding diaryl/α,β-unsaturated/α-hetero) is 1. The number of carbonyl (C=O) groups excluding carboxylic acids is 1. The van der Waals surface area contributed by atoms with Crippen molar-refractivity contribution in [3.8, 4) is 5.75 Å². The maximum Gasteiger partial charge on any atom is 0.515 e. The maximum absolute atomic E-state index is 13.8. The second kappa shape index (κ2) is 11.8. The first kappa shape index (κ1) is 29.6. The summed E-state index contributed by atoms with van der Waals surface area (Å²) in [4.78, 5) is 13.9. The molecule has 0 aliphatic rings. The number of halogens is 8. The second-order valence-electron chi connectivity index (χ2n) is 7.97. The molecule has 0 fully saturated rings. The van der Waals surface area contributed by atoms with Gasteiger partial charge in [0.25, 0.3) is 0 Å². The van der Waals surface area contributed by atoms with E-state index in [9.17, 15) is 49.0 Å². The lowest BCUT2D eigenvalue weighted by molar-refractivity contribution is 0.102. The van der Waals surface area contributed by atoms with Crippen LogP contribution in [0, 0.1) is 29.1 Å². The number of aromatic hydroxyl groups is 1. The van der Waals surface area contributed by atoms with Crippen LogP contribution in [0.4, 0.5) is 34.9 Å². The molecule has 4 aromatic rings. The fourth-order valence-corrected chi connectivity index (χ4v) is 5.74. The highest BCUT2D eigenvalue weighted by molar-refractivity contribution is 8.03. The van der Waals surface area contributed by atoms with E-state index in [1.165, 1.54) is 12.1 Å². The van der Waals surface area contributed by atoms with Crippen molar-refractivity contribution in [2.45, 2.75) is 9.79 Å². The van der Waals surface area contributed by atoms with Crippen LogP contribution in [0.2, 0.25) is 0 Å². The Hall–Kier alpha value is -4.00. The number of benzene rings is 4. The first-order valence-electron chi connectivity index (χ1n) is 10.9. The monoisotopic (exact) mass is 572 g/mol. The molecule has 0 bridgehead atoms. The zero-order chi connectivity index (χ0) is 29.0. The third-order valence-corrected chi connectivity index (χ3v) is 8.08. The lowest BCUT2D eigenvalue weighted by Gasteiger charge is -2.17. The molecule has 0 radical (unpaired) electrons. The van der Waals surface area contributed by atoms with Gasteiger partial charge in [0.1, 0.15) is 17.4 Å². The van der Waals surface area contributed by atoms with Gasteiger partial charge in [-0.25, -0.2) is 22.0 Å². The normalized spacial score (nSPS) is 11.5. The Labute approximate surface area is 218 Å². The summed E-state index contributed by atoms with van der Waals surface area (Å²) < 4.78 is 111. The summed E-state index contributed by atoms with van der Waals surface area (Å²) in [5, 5.41) is 9.36. The standard InChI is InChI=1S/C20H16O3S.C6BF8/c21-17-13-11-16(12-14-17)20(22)15-24(23,18-7-3-1-4-8-18)19-9-5-2-6-10-19;8-2-1(7(13,14)15)3(9)5(11)6(12)4(2)10/h1-14H,15H2;/q;-1/p+1. The number of phenolic OH excluding ortho intramolecular Hbond substituents is 1. The van der Waals surface area contributed by atoms with Crippen molar-refractivity contribution in [1.29, 1.82) is 0 Å². The van der Waals surface area contributed by atoms with Crippen molar-refractivity contribution < 1.29 is 49.0 Å². The van der Waals surface area contributed by atoms with E-state index in [1.807, 2.05) is 36.4 Å². The minimum atomic E-state index is -6.30. The van der Waals surface area contributed by atoms with Crippen molar-refractivity contribution in [2.75, 3.05) is 5.75 Å². The number of rotatable bonds is 6. The smallest absolute Gasteiger partial charge is 0.508 e. The van der Waals surface area contributed by atoms with Gasteiger partial charge in [-0.2, -0.15) is 0 Å². The summed E-state index contributed by atoms with van der Waals surface area (Å²) in [6.45, 7) is -6.30. The van der Waals surface area contributed by atoms with Crippen LogP contribution >= 0.6 is 0 Å². The van der Waals surface area contributed by atoms with Crippen LogP contribution in [-0.4, -0.2) is 23.6 Å². The van der Waals surface area contributed by atoms with Gasteiger partial charge in [0, 0.05) is 5.56 Å². The first-order valence-corrected chi connectivity index (χ1v) is 12.7. The molecule has 0 saturated heterocycles. The van der Waals surface area contributed by atoms with Gasteiger partial charge < -0.3 is 18.1 Å². The Kier molecular flexibility index (Phi) is 8.95. The second-order valence-corrected chi connectivity index (χ2v) is 10.6. The summed E-state index contributed by atoms with van der Waals surface area (Å²) in [6, 6.07) is 24.2. The Balaban J connectivity index is 0.000000242. The van der Waals surface area contributed by atoms with E-state index in [0.717, 1.165) is 0 Å². The van der Waals surface area contributed by atoms with Crippen LogP contribution in [-0.2, 0) is 14.1 Å². The quantitative estimate of drug-likeness (QED) is 0.0705. The molecule has 13 heteroatoms. The minimum absolute atomic E-state index is 0.0957. The zero-order valence-corrected chi connectivity index (χ0v) is 20.4. The average Bonchev–Trinajstić information content (AvgIpc) is 2.91. The Morgan fingerprint density at radius 2 is 1.03 bits per heavy atom. The molecular weight excluding hydrogens is 555 g/mol. The molecule has 0 unspecified atom stereocenters. The number of hydrogen-bond acceptors (Lipinski definition) is 3. The number of hydrogen-bond donors (Lipinski definition) is 1. The predicted octanol–water partition coefficient (Wildman–Crippen LogP) is 6.63. The summed E-state index contributed by atoms with van der Waals surface area (Å²) in [5.74, 6) is -13.8. The van der Waals surface area contributed by atoms with Crippen molar-refractivity contribution in [2.24, 2.45) is 0 Å². The lowest BCUT2D eigenvalue weighted by Crippen LogP contribution is -2.41. The van der Waals surface area contributed by atoms with Gasteiger partial charge in [0.2, 0.25) is 5.78 Å². The molecule has 204 valence electrons. The van der Waals surface area contributed by atoms with Crippen molar-refractivity contribution in [3.05, 3.63) is 120 Å². The SMILES string of the molecule is Fc1c(F)c(F)c([B-](F)(F)F)c(F)c1F.O=C(C[S+](=O)(c1ccccc1)c1ccccc1)c1ccc(O)cc1. The summed E-state index contributed by atoms with van der Waals surface area (Å²) >= 11 is 0. The van der Waals surface area contributed by atoms with Crippen LogP contribution in [0.5, 0.6) is 5.75 Å². The molecule has 4 aromatic carbocycles. The number of phenols is 1. The lowest BCUT2D eigenvalue weighted by atomic mass is 9.79. The van der Waals surface area contributed by atoms with Crippen LogP contribution in [0.25, 0.3) is 0 Å². The molecule has 0 aromatic heterocycles. The summed E-state index contributed by atoms with van der Waals surface area (Å²) in [6.07, 6.45) is 0. The van der Waals surface area contributed by atoms with Gasteiger partial charge >= 0.3 is 6.98 Å². The van der Waals surface area contributed by atoms with Crippen LogP contribution < -0.4 is 5.46 Å². The van der Waals surface area contributed by atoms with Crippen molar-refractivity contribution in [3.63, 3.8) is 0 Å². The summed E-state index contributed by atoms with van der Waals surface area (Å²) in [7, 11) is -2.72. The highest BCUT2D eigenvalue weighted by Gasteiger charge is 2.38. The third-order valence-electron chi connectivity index (χ3n) is 5.34. The summed E-state index contributed by atoms with van der Waals surface area (Å²) in [5.41, 5.74) is -2.29. The van der Waals surface area contributed by atoms with Gasteiger partial charge in [-0.05, 0) is 54.0 Å². The molecule has 4 rings (SSSR count). The van der Waals surface area contributed by atoms with Gasteiger partial charge in [0.05, 0.1) is 0 Å². The molecule has 1 N–H and O–H groups in total. The minimum Gasteiger partial charge on any atom is -0.508 e. The van der Waals surface area contributed by atoms with Crippen LogP contribution in [0.1, 0.15) is 10.4 Å². The number of ketones is 1. The van der Waals surface area contributed by atoms with E-state index in [0.29, 0.717) is 15.4 Å². The van der Waals surface area contributed by atoms with Gasteiger partial charge in [-0.15, -0.1) is 0 Å². The zero-order valence-electron chi connectivity index (χ0n) is 19.6. The van der Waals surface area contributed by atoms with E-state index in [4.69, 9.17) is 0 Å². The van der Waals surface area contributed by atoms with Gasteiger partial charge in [0.15, 0.2) is 42.9 Å². The van der Waals surface area contributed by atoms with Crippen LogP contribution in [0.15, 0.2) is 94.7 Å². The van der Waals surface area contributed by atoms with E-state index >= 15 is 0 Å². The van der Waals surface area contributed by atoms with Crippen molar-refractivity contribution >= 4 is 28.2 Å². The Morgan fingerprint density at radius 1 is 0.641 bits per heavy atom. The van der Waals surface area contributed by atoms with Crippen molar-refractivity contribution in [1.82, 2.24) is 0 Å². The van der Waals surface area contributed by atoms with Gasteiger partial charge in [-0.1, -0.05) is 40.6 Å². The molecular formula is C26H17BF8O3S. The maximum atomic E-state index is 13.8. The highest BCUT2D eigenvalue weighted by Crippen LogP contribution is 2.30. The fraction of sp³-hybridized carbons (Fsp3) is 0.0385. The predicted molar refractivity (Wildman–Crippen MR) is 130 cm³/mol. The van der Waals surface area contributed by atoms with E-state index < -0.39 is 51.5 Å².